The molecule has 3 amide bonds. The molecule has 158 valence electrons. The summed E-state index contributed by atoms with van der Waals surface area (Å²) in [6.07, 6.45) is 9.75. The summed E-state index contributed by atoms with van der Waals surface area (Å²) in [5, 5.41) is 9.76. The lowest BCUT2D eigenvalue weighted by Crippen LogP contribution is -2.42. The summed E-state index contributed by atoms with van der Waals surface area (Å²) < 4.78 is 0. The van der Waals surface area contributed by atoms with E-state index in [9.17, 15) is 9.59 Å². The van der Waals surface area contributed by atoms with E-state index in [4.69, 9.17) is 0 Å². The first kappa shape index (κ1) is 20.6. The zero-order valence-electron chi connectivity index (χ0n) is 17.1. The predicted octanol–water partition coefficient (Wildman–Crippen LogP) is 3.73. The van der Waals surface area contributed by atoms with Crippen LogP contribution in [0, 0.1) is 0 Å². The number of urea groups is 1. The minimum atomic E-state index is -0.0280. The Hall–Kier alpha value is -1.69. The number of amides is 3. The molecule has 6 heteroatoms. The first-order chi connectivity index (χ1) is 14.2. The Morgan fingerprint density at radius 1 is 1.10 bits per heavy atom. The van der Waals surface area contributed by atoms with Gasteiger partial charge in [0.05, 0.1) is 12.1 Å². The number of thioether (sulfide) groups is 1. The standard InChI is InChI=1S/C23H33N3O2S/c27-20(12-6-5-11-19-21-18(15-29-19)25-22(28)26-21)24-16-23(13-7-2-8-14-23)17-9-3-1-4-10-17/h1,3-4,9-10,18-19,21H,2,5-8,11-16H2,(H,24,27)(H2,25,26,28)/t18-,19+,21-/m1/s1. The van der Waals surface area contributed by atoms with Crippen molar-refractivity contribution in [3.63, 3.8) is 0 Å². The van der Waals surface area contributed by atoms with Crippen molar-refractivity contribution >= 4 is 23.7 Å². The molecule has 4 rings (SSSR count). The maximum atomic E-state index is 12.5. The van der Waals surface area contributed by atoms with Crippen LogP contribution in [0.1, 0.15) is 63.4 Å². The van der Waals surface area contributed by atoms with E-state index in [1.54, 1.807) is 0 Å². The Morgan fingerprint density at radius 2 is 1.90 bits per heavy atom. The Kier molecular flexibility index (Phi) is 6.68. The number of hydrogen-bond acceptors (Lipinski definition) is 3. The van der Waals surface area contributed by atoms with Crippen molar-refractivity contribution in [2.45, 2.75) is 80.5 Å². The molecule has 2 aliphatic heterocycles. The topological polar surface area (TPSA) is 70.2 Å². The average Bonchev–Trinajstić information content (AvgIpc) is 3.30. The second-order valence-electron chi connectivity index (χ2n) is 8.85. The third-order valence-corrected chi connectivity index (χ3v) is 8.41. The summed E-state index contributed by atoms with van der Waals surface area (Å²) in [7, 11) is 0. The number of nitrogens with one attached hydrogen (secondary N) is 3. The molecule has 0 bridgehead atoms. The van der Waals surface area contributed by atoms with Gasteiger partial charge in [-0.3, -0.25) is 4.79 Å². The van der Waals surface area contributed by atoms with Crippen LogP contribution >= 0.6 is 11.8 Å². The van der Waals surface area contributed by atoms with Crippen molar-refractivity contribution in [1.29, 1.82) is 0 Å². The van der Waals surface area contributed by atoms with Crippen LogP contribution < -0.4 is 16.0 Å². The SMILES string of the molecule is O=C(CCCC[C@@H]1SC[C@H]2NC(=O)N[C@@H]12)NCC1(c2ccccc2)CCCCC1. The van der Waals surface area contributed by atoms with E-state index < -0.39 is 0 Å². The molecular weight excluding hydrogens is 382 g/mol. The Bertz CT molecular complexity index is 705. The van der Waals surface area contributed by atoms with E-state index in [-0.39, 0.29) is 29.4 Å². The van der Waals surface area contributed by atoms with Gasteiger partial charge in [0.25, 0.3) is 0 Å². The molecule has 3 fully saturated rings. The van der Waals surface area contributed by atoms with Crippen LogP contribution in [-0.4, -0.2) is 41.6 Å². The Labute approximate surface area is 178 Å². The van der Waals surface area contributed by atoms with E-state index >= 15 is 0 Å². The van der Waals surface area contributed by atoms with Crippen LogP contribution in [0.3, 0.4) is 0 Å². The molecule has 0 radical (unpaired) electrons. The number of fused-ring (bicyclic) bond motifs is 1. The summed E-state index contributed by atoms with van der Waals surface area (Å²) in [6.45, 7) is 0.760. The van der Waals surface area contributed by atoms with Gasteiger partial charge in [-0.25, -0.2) is 4.79 Å². The largest absolute Gasteiger partial charge is 0.355 e. The van der Waals surface area contributed by atoms with E-state index in [0.717, 1.165) is 31.6 Å². The first-order valence-corrected chi connectivity index (χ1v) is 12.2. The molecule has 1 aromatic carbocycles. The molecule has 1 saturated carbocycles. The second kappa shape index (κ2) is 9.41. The quantitative estimate of drug-likeness (QED) is 0.448. The fourth-order valence-electron chi connectivity index (χ4n) is 5.22. The zero-order valence-corrected chi connectivity index (χ0v) is 17.9. The van der Waals surface area contributed by atoms with E-state index in [1.165, 1.54) is 37.7 Å². The summed E-state index contributed by atoms with van der Waals surface area (Å²) >= 11 is 1.94. The molecule has 2 saturated heterocycles. The fourth-order valence-corrected chi connectivity index (χ4v) is 6.76. The van der Waals surface area contributed by atoms with Crippen molar-refractivity contribution in [1.82, 2.24) is 16.0 Å². The highest BCUT2D eigenvalue weighted by molar-refractivity contribution is 8.00. The summed E-state index contributed by atoms with van der Waals surface area (Å²) in [4.78, 5) is 24.0. The van der Waals surface area contributed by atoms with Crippen LogP contribution in [-0.2, 0) is 10.2 Å². The van der Waals surface area contributed by atoms with Gasteiger partial charge in [0.15, 0.2) is 0 Å². The van der Waals surface area contributed by atoms with Gasteiger partial charge in [0.1, 0.15) is 0 Å². The summed E-state index contributed by atoms with van der Waals surface area (Å²) in [6, 6.07) is 11.3. The molecule has 0 spiro atoms. The van der Waals surface area contributed by atoms with Crippen molar-refractivity contribution in [2.75, 3.05) is 12.3 Å². The normalized spacial score (nSPS) is 27.7. The molecule has 5 nitrogen and oxygen atoms in total. The van der Waals surface area contributed by atoms with E-state index in [1.807, 2.05) is 11.8 Å². The molecule has 1 aromatic rings. The number of carbonyl (C=O) groups excluding carboxylic acids is 2. The summed E-state index contributed by atoms with van der Waals surface area (Å²) in [5.74, 6) is 1.18. The van der Waals surface area contributed by atoms with Gasteiger partial charge in [-0.1, -0.05) is 56.0 Å². The zero-order chi connectivity index (χ0) is 20.1. The van der Waals surface area contributed by atoms with Crippen LogP contribution in [0.2, 0.25) is 0 Å². The third-order valence-electron chi connectivity index (χ3n) is 6.90. The number of benzene rings is 1. The number of hydrogen-bond donors (Lipinski definition) is 3. The van der Waals surface area contributed by atoms with Gasteiger partial charge in [-0.05, 0) is 31.2 Å². The van der Waals surface area contributed by atoms with Gasteiger partial charge < -0.3 is 16.0 Å². The maximum absolute atomic E-state index is 12.5. The Morgan fingerprint density at radius 3 is 2.69 bits per heavy atom. The van der Waals surface area contributed by atoms with Crippen molar-refractivity contribution < 1.29 is 9.59 Å². The van der Waals surface area contributed by atoms with Crippen molar-refractivity contribution in [2.24, 2.45) is 0 Å². The predicted molar refractivity (Wildman–Crippen MR) is 118 cm³/mol. The smallest absolute Gasteiger partial charge is 0.315 e. The van der Waals surface area contributed by atoms with Crippen LogP contribution in [0.25, 0.3) is 0 Å². The Balaban J connectivity index is 1.20. The van der Waals surface area contributed by atoms with Gasteiger partial charge in [-0.15, -0.1) is 0 Å². The van der Waals surface area contributed by atoms with Crippen molar-refractivity contribution in [3.05, 3.63) is 35.9 Å². The van der Waals surface area contributed by atoms with Crippen LogP contribution in [0.5, 0.6) is 0 Å². The molecule has 3 N–H and O–H groups in total. The van der Waals surface area contributed by atoms with Crippen LogP contribution in [0.15, 0.2) is 30.3 Å². The highest BCUT2D eigenvalue weighted by Gasteiger charge is 2.42. The minimum Gasteiger partial charge on any atom is -0.355 e. The molecule has 2 heterocycles. The third kappa shape index (κ3) is 4.90. The monoisotopic (exact) mass is 415 g/mol. The van der Waals surface area contributed by atoms with E-state index in [2.05, 4.69) is 46.3 Å². The first-order valence-electron chi connectivity index (χ1n) is 11.2. The molecule has 0 aromatic heterocycles. The lowest BCUT2D eigenvalue weighted by atomic mass is 9.69. The number of unbranched alkanes of at least 4 members (excludes halogenated alkanes) is 1. The van der Waals surface area contributed by atoms with Gasteiger partial charge >= 0.3 is 6.03 Å². The molecule has 3 aliphatic rings. The second-order valence-corrected chi connectivity index (χ2v) is 10.1. The molecule has 0 unspecified atom stereocenters. The lowest BCUT2D eigenvalue weighted by molar-refractivity contribution is -0.121. The highest BCUT2D eigenvalue weighted by Crippen LogP contribution is 2.39. The van der Waals surface area contributed by atoms with E-state index in [0.29, 0.717) is 11.7 Å². The van der Waals surface area contributed by atoms with Crippen molar-refractivity contribution in [3.8, 4) is 0 Å². The number of carbonyl (C=O) groups is 2. The molecule has 3 atom stereocenters. The highest BCUT2D eigenvalue weighted by atomic mass is 32.2. The average molecular weight is 416 g/mol. The lowest BCUT2D eigenvalue weighted by Gasteiger charge is -2.38. The van der Waals surface area contributed by atoms with Crippen LogP contribution in [0.4, 0.5) is 4.79 Å². The van der Waals surface area contributed by atoms with Gasteiger partial charge in [0, 0.05) is 29.4 Å². The maximum Gasteiger partial charge on any atom is 0.315 e. The number of rotatable bonds is 8. The molecule has 29 heavy (non-hydrogen) atoms. The van der Waals surface area contributed by atoms with Gasteiger partial charge in [0.2, 0.25) is 5.91 Å². The van der Waals surface area contributed by atoms with Gasteiger partial charge in [-0.2, -0.15) is 11.8 Å². The molecule has 1 aliphatic carbocycles. The minimum absolute atomic E-state index is 0.0280. The fraction of sp³-hybridized carbons (Fsp3) is 0.652. The summed E-state index contributed by atoms with van der Waals surface area (Å²) in [5.41, 5.74) is 1.48. The molecular formula is C23H33N3O2S.